The Morgan fingerprint density at radius 1 is 0.712 bits per heavy atom. The minimum atomic E-state index is -1.53. The average Bonchev–Trinajstić information content (AvgIpc) is 3.07. The maximum absolute atomic E-state index is 14.5. The number of rotatable bonds is 3. The molecule has 2 aliphatic heterocycles. The first-order chi connectivity index (χ1) is 24.1. The van der Waals surface area contributed by atoms with Gasteiger partial charge in [-0.05, 0) is 129 Å². The van der Waals surface area contributed by atoms with Gasteiger partial charge in [0.05, 0.1) is 23.7 Å². The molecule has 0 amide bonds. The maximum Gasteiger partial charge on any atom is 0.315 e. The molecule has 6 N–H and O–H groups in total. The molecule has 4 saturated carbocycles. The van der Waals surface area contributed by atoms with Gasteiger partial charge in [-0.2, -0.15) is 0 Å². The van der Waals surface area contributed by atoms with Crippen molar-refractivity contribution < 1.29 is 49.6 Å². The Morgan fingerprint density at radius 2 is 1.33 bits per heavy atom. The van der Waals surface area contributed by atoms with Crippen LogP contribution in [-0.4, -0.2) is 97.8 Å². The molecular weight excluding hydrogens is 664 g/mol. The molecule has 0 spiro atoms. The van der Waals surface area contributed by atoms with Crippen LogP contribution in [0.15, 0.2) is 11.6 Å². The van der Waals surface area contributed by atoms with Crippen LogP contribution >= 0.6 is 0 Å². The van der Waals surface area contributed by atoms with Gasteiger partial charge in [0.25, 0.3) is 0 Å². The molecule has 10 heteroatoms. The maximum atomic E-state index is 14.5. The lowest BCUT2D eigenvalue weighted by Crippen LogP contribution is -2.67. The van der Waals surface area contributed by atoms with Crippen LogP contribution < -0.4 is 0 Å². The summed E-state index contributed by atoms with van der Waals surface area (Å²) in [4.78, 5) is 14.5. The predicted octanol–water partition coefficient (Wildman–Crippen LogP) is 4.65. The van der Waals surface area contributed by atoms with E-state index in [1.165, 1.54) is 5.57 Å². The van der Waals surface area contributed by atoms with Gasteiger partial charge < -0.3 is 44.8 Å². The fraction of sp³-hybridized carbons (Fsp3) is 0.929. The summed E-state index contributed by atoms with van der Waals surface area (Å²) in [5, 5.41) is 63.8. The zero-order valence-electron chi connectivity index (χ0n) is 33.0. The third-order valence-electron chi connectivity index (χ3n) is 17.5. The van der Waals surface area contributed by atoms with Crippen molar-refractivity contribution >= 4 is 5.97 Å². The van der Waals surface area contributed by atoms with Crippen molar-refractivity contribution in [2.24, 2.45) is 56.2 Å². The number of aliphatic hydroxyl groups excluding tert-OH is 6. The number of carbonyl (C=O) groups is 1. The van der Waals surface area contributed by atoms with E-state index < -0.39 is 66.6 Å². The highest BCUT2D eigenvalue weighted by atomic mass is 16.7. The number of aliphatic hydroxyl groups is 6. The van der Waals surface area contributed by atoms with Gasteiger partial charge in [0.2, 0.25) is 6.29 Å². The van der Waals surface area contributed by atoms with Gasteiger partial charge in [-0.3, -0.25) is 4.79 Å². The van der Waals surface area contributed by atoms with Crippen molar-refractivity contribution in [3.8, 4) is 0 Å². The monoisotopic (exact) mass is 732 g/mol. The van der Waals surface area contributed by atoms with Crippen molar-refractivity contribution in [2.45, 2.75) is 188 Å². The highest BCUT2D eigenvalue weighted by molar-refractivity contribution is 5.79. The number of fused-ring (bicyclic) bond motifs is 7. The molecule has 7 rings (SSSR count). The summed E-state index contributed by atoms with van der Waals surface area (Å²) in [6.45, 7) is 20.2. The third kappa shape index (κ3) is 5.42. The fourth-order valence-corrected chi connectivity index (χ4v) is 14.0. The van der Waals surface area contributed by atoms with Crippen molar-refractivity contribution in [1.29, 1.82) is 0 Å². The molecule has 7 aliphatic rings. The molecule has 2 saturated heterocycles. The van der Waals surface area contributed by atoms with Crippen molar-refractivity contribution in [3.05, 3.63) is 11.6 Å². The van der Waals surface area contributed by atoms with Gasteiger partial charge in [-0.25, -0.2) is 0 Å². The first-order valence-corrected chi connectivity index (χ1v) is 20.4. The predicted molar refractivity (Wildman–Crippen MR) is 193 cm³/mol. The minimum absolute atomic E-state index is 0.00305. The molecule has 52 heavy (non-hydrogen) atoms. The third-order valence-corrected chi connectivity index (χ3v) is 17.5. The van der Waals surface area contributed by atoms with Gasteiger partial charge in [0.1, 0.15) is 36.6 Å². The lowest BCUT2D eigenvalue weighted by atomic mass is 9.33. The van der Waals surface area contributed by atoms with Crippen LogP contribution in [0, 0.1) is 56.2 Å². The minimum Gasteiger partial charge on any atom is -0.432 e. The molecule has 0 aromatic carbocycles. The number of carbonyl (C=O) groups excluding carboxylic acids is 1. The highest BCUT2D eigenvalue weighted by Gasteiger charge is 2.70. The van der Waals surface area contributed by atoms with Gasteiger partial charge in [0, 0.05) is 0 Å². The summed E-state index contributed by atoms with van der Waals surface area (Å²) in [5.41, 5.74) is 0.424. The second-order valence-electron chi connectivity index (χ2n) is 20.7. The van der Waals surface area contributed by atoms with E-state index in [1.54, 1.807) is 13.8 Å². The summed E-state index contributed by atoms with van der Waals surface area (Å²) in [7, 11) is 0. The molecule has 10 nitrogen and oxygen atoms in total. The van der Waals surface area contributed by atoms with Crippen LogP contribution in [0.5, 0.6) is 0 Å². The second-order valence-corrected chi connectivity index (χ2v) is 20.7. The Bertz CT molecular complexity index is 1430. The Balaban J connectivity index is 1.19. The summed E-state index contributed by atoms with van der Waals surface area (Å²) < 4.78 is 18.1. The fourth-order valence-electron chi connectivity index (χ4n) is 14.0. The average molecular weight is 733 g/mol. The molecule has 18 atom stereocenters. The Morgan fingerprint density at radius 3 is 2.00 bits per heavy atom. The molecule has 0 aromatic heterocycles. The number of allylic oxidation sites excluding steroid dienone is 2. The van der Waals surface area contributed by atoms with Crippen LogP contribution in [0.2, 0.25) is 0 Å². The van der Waals surface area contributed by atoms with Crippen molar-refractivity contribution in [3.63, 3.8) is 0 Å². The Hall–Kier alpha value is -1.11. The van der Waals surface area contributed by atoms with Gasteiger partial charge in [0.15, 0.2) is 0 Å². The van der Waals surface area contributed by atoms with Crippen LogP contribution in [-0.2, 0) is 19.0 Å². The smallest absolute Gasteiger partial charge is 0.315 e. The quantitative estimate of drug-likeness (QED) is 0.178. The summed E-state index contributed by atoms with van der Waals surface area (Å²) in [6, 6.07) is 0. The van der Waals surface area contributed by atoms with Crippen LogP contribution in [0.25, 0.3) is 0 Å². The van der Waals surface area contributed by atoms with Gasteiger partial charge in [-0.1, -0.05) is 60.1 Å². The highest BCUT2D eigenvalue weighted by Crippen LogP contribution is 2.76. The van der Waals surface area contributed by atoms with E-state index in [0.717, 1.165) is 51.4 Å². The van der Waals surface area contributed by atoms with E-state index in [9.17, 15) is 35.4 Å². The molecule has 0 radical (unpaired) electrons. The normalized spacial score (nSPS) is 55.5. The molecule has 5 aliphatic carbocycles. The number of ether oxygens (including phenoxy) is 3. The topological polar surface area (TPSA) is 166 Å². The van der Waals surface area contributed by atoms with Gasteiger partial charge >= 0.3 is 5.97 Å². The SMILES string of the molecule is C[C@@H]1O[C@@H](OC(=O)[C@]23CCC(C)(C)C[C@H]2C2=CC[C@@H]4[C@@]5(C)CC[C@H]([C@@H]6O[C@@H](C)[C@H](O)[C@@H](O)[C@H]6O)C(C)(C)[C@@H]5CC[C@@]4(C)[C@]2(C)CC3)[C@H](O)[C@H](O)[C@H]1O. The molecule has 0 unspecified atom stereocenters. The lowest BCUT2D eigenvalue weighted by molar-refractivity contribution is -0.290. The molecule has 2 heterocycles. The van der Waals surface area contributed by atoms with E-state index in [-0.39, 0.29) is 44.9 Å². The number of hydrogen-bond donors (Lipinski definition) is 6. The zero-order valence-corrected chi connectivity index (χ0v) is 33.0. The largest absolute Gasteiger partial charge is 0.432 e. The van der Waals surface area contributed by atoms with E-state index >= 15 is 0 Å². The van der Waals surface area contributed by atoms with Gasteiger partial charge in [-0.15, -0.1) is 0 Å². The second kappa shape index (κ2) is 12.7. The summed E-state index contributed by atoms with van der Waals surface area (Å²) >= 11 is 0. The lowest BCUT2D eigenvalue weighted by Gasteiger charge is -2.72. The van der Waals surface area contributed by atoms with E-state index in [0.29, 0.717) is 24.7 Å². The van der Waals surface area contributed by atoms with E-state index in [4.69, 9.17) is 14.2 Å². The standard InChI is InChI=1S/C42H68O10/c1-21-28(43)30(45)32(47)34(50-21)24-12-14-39(7)26(38(24,5)6)13-15-41(9)27(39)11-10-23-25-20-37(3,4)16-18-42(25,19-17-40(23,41)8)36(49)52-35-33(48)31(46)29(44)22(2)51-35/h10,21-22,24-35,43-48H,11-20H2,1-9H3/t21-,22-,24+,25-,26-,27+,28-,29-,30+,31+,32+,33+,34-,35-,39-,40+,41+,42-/m0/s1. The number of esters is 1. The summed E-state index contributed by atoms with van der Waals surface area (Å²) in [6.07, 6.45) is 0.482. The first kappa shape index (κ1) is 39.1. The molecular formula is C42H68O10. The Labute approximate surface area is 310 Å². The molecule has 0 aromatic rings. The molecule has 6 fully saturated rings. The van der Waals surface area contributed by atoms with Crippen molar-refractivity contribution in [2.75, 3.05) is 0 Å². The van der Waals surface area contributed by atoms with Crippen LogP contribution in [0.4, 0.5) is 0 Å². The van der Waals surface area contributed by atoms with Crippen LogP contribution in [0.3, 0.4) is 0 Å². The van der Waals surface area contributed by atoms with E-state index in [1.807, 2.05) is 0 Å². The number of hydrogen-bond acceptors (Lipinski definition) is 10. The van der Waals surface area contributed by atoms with Crippen LogP contribution in [0.1, 0.15) is 127 Å². The Kier molecular flexibility index (Phi) is 9.56. The molecule has 296 valence electrons. The van der Waals surface area contributed by atoms with E-state index in [2.05, 4.69) is 54.5 Å². The molecule has 0 bridgehead atoms. The van der Waals surface area contributed by atoms with Crippen molar-refractivity contribution in [1.82, 2.24) is 0 Å². The first-order valence-electron chi connectivity index (χ1n) is 20.4. The zero-order chi connectivity index (χ0) is 38.1. The summed E-state index contributed by atoms with van der Waals surface area (Å²) in [5.74, 6) is 0.477.